The Morgan fingerprint density at radius 1 is 1.26 bits per heavy atom. The van der Waals surface area contributed by atoms with Gasteiger partial charge in [0.25, 0.3) is 0 Å². The molecule has 2 rings (SSSR count). The molecule has 2 aromatic rings. The van der Waals surface area contributed by atoms with Gasteiger partial charge in [-0.1, -0.05) is 23.7 Å². The van der Waals surface area contributed by atoms with Gasteiger partial charge in [-0.3, -0.25) is 4.57 Å². The van der Waals surface area contributed by atoms with Crippen LogP contribution in [-0.4, -0.2) is 24.4 Å². The summed E-state index contributed by atoms with van der Waals surface area (Å²) < 4.78 is 27.0. The molecule has 19 heavy (non-hydrogen) atoms. The van der Waals surface area contributed by atoms with Crippen LogP contribution in [0.2, 0.25) is 5.02 Å². The normalized spacial score (nSPS) is 11.7. The number of hydrogen-bond acceptors (Lipinski definition) is 6. The molecule has 0 unspecified atom stereocenters. The summed E-state index contributed by atoms with van der Waals surface area (Å²) in [6.45, 7) is 0. The molecule has 1 aromatic heterocycles. The van der Waals surface area contributed by atoms with Gasteiger partial charge >= 0.3 is 7.60 Å². The van der Waals surface area contributed by atoms with E-state index >= 15 is 0 Å². The van der Waals surface area contributed by atoms with Gasteiger partial charge in [-0.2, -0.15) is 0 Å². The van der Waals surface area contributed by atoms with Crippen molar-refractivity contribution in [3.8, 4) is 11.5 Å². The van der Waals surface area contributed by atoms with E-state index in [1.807, 2.05) is 0 Å². The van der Waals surface area contributed by atoms with Crippen molar-refractivity contribution in [1.29, 1.82) is 0 Å². The first-order valence-electron chi connectivity index (χ1n) is 5.36. The quantitative estimate of drug-likeness (QED) is 0.788. The maximum absolute atomic E-state index is 11.9. The SMILES string of the molecule is COP(=O)(Cc1nnc(-c2ccccc2Cl)o1)OC. The average molecular weight is 303 g/mol. The van der Waals surface area contributed by atoms with Crippen LogP contribution in [0.25, 0.3) is 11.5 Å². The van der Waals surface area contributed by atoms with Gasteiger partial charge in [0.1, 0.15) is 6.16 Å². The zero-order chi connectivity index (χ0) is 13.9. The van der Waals surface area contributed by atoms with Crippen LogP contribution in [0.4, 0.5) is 0 Å². The maximum atomic E-state index is 11.9. The summed E-state index contributed by atoms with van der Waals surface area (Å²) in [5, 5.41) is 8.17. The molecule has 0 aliphatic heterocycles. The van der Waals surface area contributed by atoms with Gasteiger partial charge in [-0.15, -0.1) is 10.2 Å². The number of nitrogens with zero attached hydrogens (tertiary/aromatic N) is 2. The summed E-state index contributed by atoms with van der Waals surface area (Å²) in [4.78, 5) is 0. The molecule has 0 atom stereocenters. The topological polar surface area (TPSA) is 74.5 Å². The third-order valence-electron chi connectivity index (χ3n) is 2.46. The van der Waals surface area contributed by atoms with E-state index in [1.165, 1.54) is 14.2 Å². The van der Waals surface area contributed by atoms with Gasteiger partial charge in [0.15, 0.2) is 0 Å². The van der Waals surface area contributed by atoms with Crippen molar-refractivity contribution in [1.82, 2.24) is 10.2 Å². The third-order valence-corrected chi connectivity index (χ3v) is 4.56. The van der Waals surface area contributed by atoms with Gasteiger partial charge in [0.05, 0.1) is 10.6 Å². The van der Waals surface area contributed by atoms with E-state index in [9.17, 15) is 4.57 Å². The monoisotopic (exact) mass is 302 g/mol. The molecule has 0 spiro atoms. The van der Waals surface area contributed by atoms with Gasteiger partial charge in [-0.25, -0.2) is 0 Å². The molecule has 0 N–H and O–H groups in total. The maximum Gasteiger partial charge on any atom is 0.339 e. The molecule has 0 fully saturated rings. The van der Waals surface area contributed by atoms with Crippen molar-refractivity contribution in [2.75, 3.05) is 14.2 Å². The summed E-state index contributed by atoms with van der Waals surface area (Å²) in [6, 6.07) is 7.08. The summed E-state index contributed by atoms with van der Waals surface area (Å²) >= 11 is 6.02. The molecular weight excluding hydrogens is 291 g/mol. The first-order valence-corrected chi connectivity index (χ1v) is 7.46. The predicted octanol–water partition coefficient (Wildman–Crippen LogP) is 3.38. The molecule has 1 aromatic carbocycles. The van der Waals surface area contributed by atoms with Crippen molar-refractivity contribution in [2.24, 2.45) is 0 Å². The lowest BCUT2D eigenvalue weighted by Crippen LogP contribution is -1.93. The van der Waals surface area contributed by atoms with Gasteiger partial charge in [0.2, 0.25) is 11.8 Å². The average Bonchev–Trinajstić information content (AvgIpc) is 2.87. The molecule has 0 saturated carbocycles. The summed E-state index contributed by atoms with van der Waals surface area (Å²) in [5.74, 6) is 0.432. The standard InChI is InChI=1S/C11H12ClN2O4P/c1-16-19(15,17-2)7-10-13-14-11(18-10)8-5-3-4-6-9(8)12/h3-6H,7H2,1-2H3. The minimum absolute atomic E-state index is 0.0859. The molecule has 0 saturated heterocycles. The third kappa shape index (κ3) is 3.22. The Kier molecular flexibility index (Phi) is 4.37. The van der Waals surface area contributed by atoms with Crippen LogP contribution in [0.5, 0.6) is 0 Å². The number of hydrogen-bond donors (Lipinski definition) is 0. The van der Waals surface area contributed by atoms with Gasteiger partial charge in [0, 0.05) is 14.2 Å². The Morgan fingerprint density at radius 2 is 1.95 bits per heavy atom. The molecule has 0 radical (unpaired) electrons. The first kappa shape index (κ1) is 14.2. The second-order valence-electron chi connectivity index (χ2n) is 3.61. The molecular formula is C11H12ClN2O4P. The van der Waals surface area contributed by atoms with Crippen LogP contribution in [-0.2, 0) is 19.8 Å². The van der Waals surface area contributed by atoms with E-state index in [0.29, 0.717) is 10.6 Å². The van der Waals surface area contributed by atoms with Gasteiger partial charge < -0.3 is 13.5 Å². The van der Waals surface area contributed by atoms with Crippen molar-refractivity contribution in [3.63, 3.8) is 0 Å². The van der Waals surface area contributed by atoms with E-state index in [-0.39, 0.29) is 17.9 Å². The largest absolute Gasteiger partial charge is 0.420 e. The fourth-order valence-corrected chi connectivity index (χ4v) is 2.51. The molecule has 0 amide bonds. The van der Waals surface area contributed by atoms with Crippen LogP contribution in [0, 0.1) is 0 Å². The molecule has 8 heteroatoms. The fraction of sp³-hybridized carbons (Fsp3) is 0.273. The van der Waals surface area contributed by atoms with Crippen molar-refractivity contribution < 1.29 is 18.0 Å². The summed E-state index contributed by atoms with van der Waals surface area (Å²) in [6.07, 6.45) is -0.0859. The number of aromatic nitrogens is 2. The van der Waals surface area contributed by atoms with Crippen LogP contribution < -0.4 is 0 Å². The second-order valence-corrected chi connectivity index (χ2v) is 6.29. The number of benzene rings is 1. The summed E-state index contributed by atoms with van der Waals surface area (Å²) in [5.41, 5.74) is 0.618. The van der Waals surface area contributed by atoms with Crippen LogP contribution in [0.3, 0.4) is 0 Å². The Labute approximate surface area is 115 Å². The van der Waals surface area contributed by atoms with Crippen molar-refractivity contribution in [3.05, 3.63) is 35.2 Å². The highest BCUT2D eigenvalue weighted by Gasteiger charge is 2.25. The van der Waals surface area contributed by atoms with Crippen LogP contribution in [0.15, 0.2) is 28.7 Å². The Balaban J connectivity index is 2.25. The highest BCUT2D eigenvalue weighted by atomic mass is 35.5. The smallest absolute Gasteiger partial charge is 0.339 e. The van der Waals surface area contributed by atoms with Gasteiger partial charge in [-0.05, 0) is 12.1 Å². The Morgan fingerprint density at radius 3 is 2.58 bits per heavy atom. The molecule has 102 valence electrons. The summed E-state index contributed by atoms with van der Waals surface area (Å²) in [7, 11) is -0.620. The van der Waals surface area contributed by atoms with E-state index in [4.69, 9.17) is 25.1 Å². The molecule has 0 bridgehead atoms. The lowest BCUT2D eigenvalue weighted by Gasteiger charge is -2.10. The van der Waals surface area contributed by atoms with Crippen LogP contribution in [0.1, 0.15) is 5.89 Å². The van der Waals surface area contributed by atoms with Crippen molar-refractivity contribution in [2.45, 2.75) is 6.16 Å². The van der Waals surface area contributed by atoms with E-state index in [1.54, 1.807) is 24.3 Å². The van der Waals surface area contributed by atoms with Crippen LogP contribution >= 0.6 is 19.2 Å². The zero-order valence-electron chi connectivity index (χ0n) is 10.4. The number of rotatable bonds is 5. The zero-order valence-corrected chi connectivity index (χ0v) is 12.0. The molecule has 0 aliphatic rings. The Bertz CT molecular complexity index is 608. The Hall–Kier alpha value is -1.20. The lowest BCUT2D eigenvalue weighted by atomic mass is 10.2. The highest BCUT2D eigenvalue weighted by molar-refractivity contribution is 7.52. The number of halogens is 1. The highest BCUT2D eigenvalue weighted by Crippen LogP contribution is 2.49. The second kappa shape index (κ2) is 5.84. The predicted molar refractivity (Wildman–Crippen MR) is 70.1 cm³/mol. The lowest BCUT2D eigenvalue weighted by molar-refractivity contribution is 0.271. The molecule has 6 nitrogen and oxygen atoms in total. The minimum atomic E-state index is -3.22. The van der Waals surface area contributed by atoms with E-state index in [0.717, 1.165) is 0 Å². The minimum Gasteiger partial charge on any atom is -0.420 e. The molecule has 1 heterocycles. The first-order chi connectivity index (χ1) is 9.08. The van der Waals surface area contributed by atoms with E-state index in [2.05, 4.69) is 10.2 Å². The van der Waals surface area contributed by atoms with Crippen molar-refractivity contribution >= 4 is 19.2 Å². The molecule has 0 aliphatic carbocycles. The van der Waals surface area contributed by atoms with E-state index < -0.39 is 7.60 Å². The fourth-order valence-electron chi connectivity index (χ4n) is 1.43.